The van der Waals surface area contributed by atoms with Crippen molar-refractivity contribution < 1.29 is 9.15 Å². The topological polar surface area (TPSA) is 53.1 Å². The molecule has 5 nitrogen and oxygen atoms in total. The predicted molar refractivity (Wildman–Crippen MR) is 111 cm³/mol. The van der Waals surface area contributed by atoms with Crippen molar-refractivity contribution in [2.75, 3.05) is 7.11 Å². The number of thioether (sulfide) groups is 1. The Hall–Kier alpha value is -2.99. The Balaban J connectivity index is 1.62. The molecule has 0 spiro atoms. The number of aromatic nitrogens is 3. The molecule has 0 N–H and O–H groups in total. The van der Waals surface area contributed by atoms with Crippen molar-refractivity contribution in [1.82, 2.24) is 14.8 Å². The number of hydrogen-bond donors (Lipinski definition) is 0. The quantitative estimate of drug-likeness (QED) is 0.406. The van der Waals surface area contributed by atoms with Crippen LogP contribution in [0.4, 0.5) is 0 Å². The molecule has 2 aromatic carbocycles. The first-order chi connectivity index (χ1) is 13.7. The van der Waals surface area contributed by atoms with Crippen LogP contribution >= 0.6 is 11.8 Å². The minimum Gasteiger partial charge on any atom is -0.497 e. The van der Waals surface area contributed by atoms with Gasteiger partial charge in [-0.05, 0) is 36.2 Å². The van der Waals surface area contributed by atoms with Gasteiger partial charge in [-0.1, -0.05) is 54.2 Å². The van der Waals surface area contributed by atoms with Crippen molar-refractivity contribution in [3.63, 3.8) is 0 Å². The lowest BCUT2D eigenvalue weighted by Crippen LogP contribution is -2.04. The zero-order valence-electron chi connectivity index (χ0n) is 15.8. The standard InChI is InChI=1S/C22H21N3O2S/c1-16-20(12-13-27-16)21-23-24-22(25(21)14-17-6-4-3-5-7-17)28-15-18-8-10-19(26-2)11-9-18/h3-13H,14-15H2,1-2H3. The Kier molecular flexibility index (Phi) is 5.48. The molecule has 4 rings (SSSR count). The van der Waals surface area contributed by atoms with Crippen LogP contribution in [0, 0.1) is 6.92 Å². The summed E-state index contributed by atoms with van der Waals surface area (Å²) in [6.45, 7) is 2.65. The first kappa shape index (κ1) is 18.4. The van der Waals surface area contributed by atoms with Gasteiger partial charge in [-0.2, -0.15) is 0 Å². The van der Waals surface area contributed by atoms with Crippen LogP contribution in [0.3, 0.4) is 0 Å². The van der Waals surface area contributed by atoms with Crippen molar-refractivity contribution >= 4 is 11.8 Å². The third-order valence-electron chi connectivity index (χ3n) is 4.53. The Morgan fingerprint density at radius 3 is 2.43 bits per heavy atom. The van der Waals surface area contributed by atoms with E-state index in [0.29, 0.717) is 6.54 Å². The molecule has 0 aliphatic rings. The molecule has 142 valence electrons. The zero-order valence-corrected chi connectivity index (χ0v) is 16.6. The van der Waals surface area contributed by atoms with E-state index in [0.717, 1.165) is 33.8 Å². The van der Waals surface area contributed by atoms with Crippen molar-refractivity contribution in [3.8, 4) is 17.1 Å². The number of nitrogens with zero attached hydrogens (tertiary/aromatic N) is 3. The molecule has 0 saturated heterocycles. The normalized spacial score (nSPS) is 10.9. The van der Waals surface area contributed by atoms with Crippen LogP contribution in [-0.2, 0) is 12.3 Å². The van der Waals surface area contributed by atoms with Crippen LogP contribution in [0.15, 0.2) is 76.5 Å². The molecule has 0 amide bonds. The molecule has 2 heterocycles. The molecule has 0 aliphatic heterocycles. The van der Waals surface area contributed by atoms with Crippen LogP contribution in [0.1, 0.15) is 16.9 Å². The lowest BCUT2D eigenvalue weighted by molar-refractivity contribution is 0.414. The Labute approximate surface area is 168 Å². The van der Waals surface area contributed by atoms with Crippen molar-refractivity contribution in [1.29, 1.82) is 0 Å². The summed E-state index contributed by atoms with van der Waals surface area (Å²) < 4.78 is 12.9. The number of furan rings is 1. The number of rotatable bonds is 7. The predicted octanol–water partition coefficient (Wildman–Crippen LogP) is 5.20. The highest BCUT2D eigenvalue weighted by molar-refractivity contribution is 7.98. The number of methoxy groups -OCH3 is 1. The summed E-state index contributed by atoms with van der Waals surface area (Å²) in [5, 5.41) is 9.82. The number of aryl methyl sites for hydroxylation is 1. The van der Waals surface area contributed by atoms with Gasteiger partial charge in [0.05, 0.1) is 25.5 Å². The lowest BCUT2D eigenvalue weighted by Gasteiger charge is -2.10. The van der Waals surface area contributed by atoms with Gasteiger partial charge < -0.3 is 9.15 Å². The maximum Gasteiger partial charge on any atom is 0.192 e. The summed E-state index contributed by atoms with van der Waals surface area (Å²) in [7, 11) is 1.68. The Bertz CT molecular complexity index is 1040. The highest BCUT2D eigenvalue weighted by Crippen LogP contribution is 2.29. The van der Waals surface area contributed by atoms with E-state index in [1.54, 1.807) is 25.1 Å². The van der Waals surface area contributed by atoms with Gasteiger partial charge in [0.15, 0.2) is 11.0 Å². The summed E-state index contributed by atoms with van der Waals surface area (Å²) in [6.07, 6.45) is 1.69. The first-order valence-electron chi connectivity index (χ1n) is 9.02. The second-order valence-corrected chi connectivity index (χ2v) is 7.35. The maximum absolute atomic E-state index is 5.48. The average molecular weight is 391 g/mol. The molecule has 6 heteroatoms. The minimum atomic E-state index is 0.707. The third kappa shape index (κ3) is 3.97. The van der Waals surface area contributed by atoms with Gasteiger partial charge in [0.2, 0.25) is 0 Å². The molecule has 0 fully saturated rings. The van der Waals surface area contributed by atoms with Crippen LogP contribution in [-0.4, -0.2) is 21.9 Å². The molecule has 0 saturated carbocycles. The summed E-state index contributed by atoms with van der Waals surface area (Å²) in [4.78, 5) is 0. The largest absolute Gasteiger partial charge is 0.497 e. The first-order valence-corrected chi connectivity index (χ1v) is 10.0. The smallest absolute Gasteiger partial charge is 0.192 e. The summed E-state index contributed by atoms with van der Waals surface area (Å²) in [5.41, 5.74) is 3.39. The van der Waals surface area contributed by atoms with Gasteiger partial charge in [0, 0.05) is 5.75 Å². The fourth-order valence-electron chi connectivity index (χ4n) is 2.99. The van der Waals surface area contributed by atoms with E-state index in [9.17, 15) is 0 Å². The van der Waals surface area contributed by atoms with Gasteiger partial charge in [-0.3, -0.25) is 4.57 Å². The second kappa shape index (κ2) is 8.35. The van der Waals surface area contributed by atoms with Gasteiger partial charge >= 0.3 is 0 Å². The van der Waals surface area contributed by atoms with Gasteiger partial charge in [0.1, 0.15) is 11.5 Å². The second-order valence-electron chi connectivity index (χ2n) is 6.41. The Morgan fingerprint density at radius 1 is 0.964 bits per heavy atom. The number of benzene rings is 2. The number of hydrogen-bond acceptors (Lipinski definition) is 5. The summed E-state index contributed by atoms with van der Waals surface area (Å²) in [6, 6.07) is 20.4. The Morgan fingerprint density at radius 2 is 1.75 bits per heavy atom. The van der Waals surface area contributed by atoms with Crippen molar-refractivity contribution in [2.24, 2.45) is 0 Å². The SMILES string of the molecule is COc1ccc(CSc2nnc(-c3ccoc3C)n2Cc2ccccc2)cc1. The van der Waals surface area contributed by atoms with E-state index in [2.05, 4.69) is 39.0 Å². The van der Waals surface area contributed by atoms with Crippen LogP contribution in [0.2, 0.25) is 0 Å². The van der Waals surface area contributed by atoms with E-state index in [1.165, 1.54) is 11.1 Å². The van der Waals surface area contributed by atoms with E-state index in [4.69, 9.17) is 9.15 Å². The van der Waals surface area contributed by atoms with E-state index in [-0.39, 0.29) is 0 Å². The van der Waals surface area contributed by atoms with E-state index < -0.39 is 0 Å². The lowest BCUT2D eigenvalue weighted by atomic mass is 10.2. The van der Waals surface area contributed by atoms with Crippen LogP contribution in [0.5, 0.6) is 5.75 Å². The molecular formula is C22H21N3O2S. The van der Waals surface area contributed by atoms with Crippen molar-refractivity contribution in [3.05, 3.63) is 83.8 Å². The van der Waals surface area contributed by atoms with Crippen LogP contribution in [0.25, 0.3) is 11.4 Å². The van der Waals surface area contributed by atoms with E-state index >= 15 is 0 Å². The molecule has 2 aromatic heterocycles. The highest BCUT2D eigenvalue weighted by Gasteiger charge is 2.18. The van der Waals surface area contributed by atoms with Gasteiger partial charge in [-0.25, -0.2) is 0 Å². The molecule has 0 unspecified atom stereocenters. The molecule has 28 heavy (non-hydrogen) atoms. The maximum atomic E-state index is 5.48. The molecule has 4 aromatic rings. The monoisotopic (exact) mass is 391 g/mol. The van der Waals surface area contributed by atoms with Gasteiger partial charge in [0.25, 0.3) is 0 Å². The highest BCUT2D eigenvalue weighted by atomic mass is 32.2. The third-order valence-corrected chi connectivity index (χ3v) is 5.56. The fraction of sp³-hybridized carbons (Fsp3) is 0.182. The minimum absolute atomic E-state index is 0.707. The zero-order chi connectivity index (χ0) is 19.3. The number of ether oxygens (including phenoxy) is 1. The van der Waals surface area contributed by atoms with Gasteiger partial charge in [-0.15, -0.1) is 10.2 Å². The molecule has 0 atom stereocenters. The van der Waals surface area contributed by atoms with Crippen molar-refractivity contribution in [2.45, 2.75) is 24.4 Å². The molecule has 0 radical (unpaired) electrons. The van der Waals surface area contributed by atoms with E-state index in [1.807, 2.05) is 43.3 Å². The summed E-state index contributed by atoms with van der Waals surface area (Å²) in [5.74, 6) is 3.33. The fourth-order valence-corrected chi connectivity index (χ4v) is 3.88. The molecule has 0 bridgehead atoms. The molecule has 0 aliphatic carbocycles. The van der Waals surface area contributed by atoms with Crippen LogP contribution < -0.4 is 4.74 Å². The average Bonchev–Trinajstić information content (AvgIpc) is 3.33. The summed E-state index contributed by atoms with van der Waals surface area (Å²) >= 11 is 1.67. The molecular weight excluding hydrogens is 370 g/mol.